The van der Waals surface area contributed by atoms with Gasteiger partial charge in [0.15, 0.2) is 11.6 Å². The third kappa shape index (κ3) is 7.19. The number of methoxy groups -OCH3 is 1. The van der Waals surface area contributed by atoms with Gasteiger partial charge < -0.3 is 19.5 Å². The molecular weight excluding hydrogens is 510 g/mol. The van der Waals surface area contributed by atoms with Crippen LogP contribution in [0.1, 0.15) is 51.2 Å². The van der Waals surface area contributed by atoms with Crippen molar-refractivity contribution < 1.29 is 37.7 Å². The van der Waals surface area contributed by atoms with E-state index in [2.05, 4.69) is 11.8 Å². The molecule has 1 N–H and O–H groups in total. The van der Waals surface area contributed by atoms with Crippen molar-refractivity contribution in [3.05, 3.63) is 65.2 Å². The molecule has 0 bridgehead atoms. The molecule has 10 heteroatoms. The Bertz CT molecular complexity index is 1260. The van der Waals surface area contributed by atoms with E-state index in [1.54, 1.807) is 45.0 Å². The standard InChI is InChI=1S/C29H32F2N2O6/c1-28(2,3)39-25(36)11-8-14-32-27(37)33(24(35)17-29(32,18-34)19-38-4)26-22(30)15-21(16-23(26)31)13-12-20-9-6-5-7-10-20/h5-7,9-10,15-16,34H,8,11,14,17-19H2,1-4H3. The fourth-order valence-electron chi connectivity index (χ4n) is 4.32. The molecule has 0 radical (unpaired) electrons. The van der Waals surface area contributed by atoms with Gasteiger partial charge >= 0.3 is 12.0 Å². The van der Waals surface area contributed by atoms with Gasteiger partial charge in [0.05, 0.1) is 25.2 Å². The van der Waals surface area contributed by atoms with Gasteiger partial charge in [0.2, 0.25) is 5.91 Å². The molecule has 2 aromatic rings. The molecular formula is C29H32F2N2O6. The maximum absolute atomic E-state index is 15.2. The zero-order valence-electron chi connectivity index (χ0n) is 22.4. The summed E-state index contributed by atoms with van der Waals surface area (Å²) in [6.07, 6.45) is -0.391. The van der Waals surface area contributed by atoms with Crippen LogP contribution in [0.4, 0.5) is 19.3 Å². The van der Waals surface area contributed by atoms with Gasteiger partial charge in [-0.3, -0.25) is 9.59 Å². The molecule has 0 aliphatic carbocycles. The van der Waals surface area contributed by atoms with Crippen LogP contribution in [0.2, 0.25) is 0 Å². The molecule has 3 amide bonds. The van der Waals surface area contributed by atoms with Gasteiger partial charge in [-0.25, -0.2) is 18.5 Å². The van der Waals surface area contributed by atoms with Crippen LogP contribution in [0, 0.1) is 23.5 Å². The Hall–Kier alpha value is -3.81. The van der Waals surface area contributed by atoms with E-state index >= 15 is 8.78 Å². The highest BCUT2D eigenvalue weighted by Crippen LogP contribution is 2.35. The molecule has 1 atom stereocenters. The van der Waals surface area contributed by atoms with Crippen LogP contribution in [0.15, 0.2) is 42.5 Å². The number of ether oxygens (including phenoxy) is 2. The van der Waals surface area contributed by atoms with E-state index in [0.29, 0.717) is 10.5 Å². The van der Waals surface area contributed by atoms with Crippen LogP contribution in [-0.4, -0.2) is 65.9 Å². The van der Waals surface area contributed by atoms with E-state index in [1.807, 2.05) is 6.07 Å². The molecule has 1 aliphatic heterocycles. The summed E-state index contributed by atoms with van der Waals surface area (Å²) in [6.45, 7) is 4.21. The lowest BCUT2D eigenvalue weighted by atomic mass is 9.91. The molecule has 1 unspecified atom stereocenters. The Morgan fingerprint density at radius 3 is 2.26 bits per heavy atom. The third-order valence-corrected chi connectivity index (χ3v) is 5.98. The van der Waals surface area contributed by atoms with Crippen molar-refractivity contribution in [3.63, 3.8) is 0 Å². The van der Waals surface area contributed by atoms with E-state index in [0.717, 1.165) is 17.0 Å². The SMILES string of the molecule is COCC1(CO)CC(=O)N(c2c(F)cc(C#Cc3ccccc3)cc2F)C(=O)N1CCCC(=O)OC(C)(C)C. The monoisotopic (exact) mass is 542 g/mol. The molecule has 0 aromatic heterocycles. The first-order valence-electron chi connectivity index (χ1n) is 12.4. The quantitative estimate of drug-likeness (QED) is 0.400. The summed E-state index contributed by atoms with van der Waals surface area (Å²) in [5.74, 6) is 1.78. The van der Waals surface area contributed by atoms with Crippen LogP contribution in [0.3, 0.4) is 0 Å². The number of carbonyl (C=O) groups excluding carboxylic acids is 3. The predicted molar refractivity (Wildman–Crippen MR) is 140 cm³/mol. The van der Waals surface area contributed by atoms with Crippen molar-refractivity contribution in [1.29, 1.82) is 0 Å². The largest absolute Gasteiger partial charge is 0.460 e. The van der Waals surface area contributed by atoms with Crippen molar-refractivity contribution in [2.45, 2.75) is 51.2 Å². The molecule has 1 saturated heterocycles. The summed E-state index contributed by atoms with van der Waals surface area (Å²) in [6, 6.07) is 9.70. The van der Waals surface area contributed by atoms with Crippen LogP contribution in [0.25, 0.3) is 0 Å². The van der Waals surface area contributed by atoms with Gasteiger partial charge in [-0.1, -0.05) is 30.0 Å². The molecule has 3 rings (SSSR count). The van der Waals surface area contributed by atoms with Gasteiger partial charge in [-0.05, 0) is 51.5 Å². The predicted octanol–water partition coefficient (Wildman–Crippen LogP) is 4.02. The van der Waals surface area contributed by atoms with Gasteiger partial charge in [0.25, 0.3) is 0 Å². The molecule has 8 nitrogen and oxygen atoms in total. The van der Waals surface area contributed by atoms with Gasteiger partial charge in [-0.15, -0.1) is 0 Å². The number of nitrogens with zero attached hydrogens (tertiary/aromatic N) is 2. The lowest BCUT2D eigenvalue weighted by Crippen LogP contribution is -2.68. The number of aliphatic hydroxyl groups excluding tert-OH is 1. The van der Waals surface area contributed by atoms with Gasteiger partial charge in [0, 0.05) is 31.2 Å². The summed E-state index contributed by atoms with van der Waals surface area (Å²) in [5.41, 5.74) is -2.34. The average molecular weight is 543 g/mol. The van der Waals surface area contributed by atoms with Crippen molar-refractivity contribution in [2.75, 3.05) is 31.8 Å². The number of aliphatic hydroxyl groups is 1. The number of urea groups is 1. The summed E-state index contributed by atoms with van der Waals surface area (Å²) in [4.78, 5) is 40.4. The van der Waals surface area contributed by atoms with Crippen LogP contribution < -0.4 is 4.90 Å². The third-order valence-electron chi connectivity index (χ3n) is 5.98. The molecule has 0 saturated carbocycles. The Labute approximate surface area is 226 Å². The Balaban J connectivity index is 1.90. The minimum absolute atomic E-state index is 0.0211. The van der Waals surface area contributed by atoms with Crippen LogP contribution >= 0.6 is 0 Å². The highest BCUT2D eigenvalue weighted by atomic mass is 19.1. The first kappa shape index (κ1) is 29.7. The Kier molecular flexibility index (Phi) is 9.43. The number of rotatable bonds is 8. The zero-order chi connectivity index (χ0) is 28.8. The van der Waals surface area contributed by atoms with E-state index in [1.165, 1.54) is 7.11 Å². The van der Waals surface area contributed by atoms with E-state index in [9.17, 15) is 19.5 Å². The fraction of sp³-hybridized carbons (Fsp3) is 0.414. The minimum Gasteiger partial charge on any atom is -0.460 e. The first-order valence-corrected chi connectivity index (χ1v) is 12.4. The second-order valence-electron chi connectivity index (χ2n) is 10.3. The number of halogens is 2. The number of esters is 1. The molecule has 1 heterocycles. The molecule has 1 fully saturated rings. The number of carbonyl (C=O) groups is 3. The molecule has 2 aromatic carbocycles. The van der Waals surface area contributed by atoms with E-state index < -0.39 is 59.4 Å². The lowest BCUT2D eigenvalue weighted by molar-refractivity contribution is -0.155. The summed E-state index contributed by atoms with van der Waals surface area (Å²) in [5, 5.41) is 10.2. The normalized spacial score (nSPS) is 17.6. The van der Waals surface area contributed by atoms with Crippen LogP contribution in [0.5, 0.6) is 0 Å². The number of amides is 3. The Morgan fingerprint density at radius 1 is 1.08 bits per heavy atom. The first-order chi connectivity index (χ1) is 18.4. The molecule has 39 heavy (non-hydrogen) atoms. The second kappa shape index (κ2) is 12.4. The van der Waals surface area contributed by atoms with Crippen LogP contribution in [-0.2, 0) is 19.1 Å². The van der Waals surface area contributed by atoms with Crippen molar-refractivity contribution in [3.8, 4) is 11.8 Å². The summed E-state index contributed by atoms with van der Waals surface area (Å²) < 4.78 is 40.9. The van der Waals surface area contributed by atoms with Crippen molar-refractivity contribution in [2.24, 2.45) is 0 Å². The molecule has 1 aliphatic rings. The maximum atomic E-state index is 15.2. The highest BCUT2D eigenvalue weighted by molar-refractivity contribution is 6.16. The summed E-state index contributed by atoms with van der Waals surface area (Å²) >= 11 is 0. The second-order valence-corrected chi connectivity index (χ2v) is 10.3. The number of anilines is 1. The number of benzene rings is 2. The Morgan fingerprint density at radius 2 is 1.69 bits per heavy atom. The average Bonchev–Trinajstić information content (AvgIpc) is 2.85. The van der Waals surface area contributed by atoms with E-state index in [-0.39, 0.29) is 31.6 Å². The maximum Gasteiger partial charge on any atom is 0.332 e. The topological polar surface area (TPSA) is 96.4 Å². The molecule has 208 valence electrons. The number of imide groups is 1. The van der Waals surface area contributed by atoms with Gasteiger partial charge in [0.1, 0.15) is 11.3 Å². The summed E-state index contributed by atoms with van der Waals surface area (Å²) in [7, 11) is 1.34. The molecule has 0 spiro atoms. The highest BCUT2D eigenvalue weighted by Gasteiger charge is 2.50. The van der Waals surface area contributed by atoms with Gasteiger partial charge in [-0.2, -0.15) is 0 Å². The smallest absolute Gasteiger partial charge is 0.332 e. The lowest BCUT2D eigenvalue weighted by Gasteiger charge is -2.48. The zero-order valence-corrected chi connectivity index (χ0v) is 22.4. The number of hydrogen-bond donors (Lipinski definition) is 1. The fourth-order valence-corrected chi connectivity index (χ4v) is 4.32. The van der Waals surface area contributed by atoms with E-state index in [4.69, 9.17) is 9.47 Å². The van der Waals surface area contributed by atoms with Crippen molar-refractivity contribution in [1.82, 2.24) is 4.90 Å². The van der Waals surface area contributed by atoms with Crippen molar-refractivity contribution >= 4 is 23.6 Å². The number of hydrogen-bond acceptors (Lipinski definition) is 6. The minimum atomic E-state index is -1.47.